The zero-order valence-corrected chi connectivity index (χ0v) is 27.1. The van der Waals surface area contributed by atoms with Gasteiger partial charge in [0.2, 0.25) is 0 Å². The molecular weight excluding hydrogens is 549 g/mol. The Bertz CT molecular complexity index is 1250. The van der Waals surface area contributed by atoms with Crippen molar-refractivity contribution in [2.45, 2.75) is 124 Å². The van der Waals surface area contributed by atoms with Crippen molar-refractivity contribution in [1.29, 1.82) is 0 Å². The highest BCUT2D eigenvalue weighted by molar-refractivity contribution is 6.31. The topological polar surface area (TPSA) is 102 Å². The number of aryl methyl sites for hydroxylation is 1. The first kappa shape index (κ1) is 33.1. The number of likely N-dealkylation sites (tertiary alicyclic amines) is 1. The maximum Gasteiger partial charge on any atom is 0.410 e. The number of piperidine rings is 1. The lowest BCUT2D eigenvalue weighted by atomic mass is 9.71. The van der Waals surface area contributed by atoms with E-state index in [1.54, 1.807) is 4.90 Å². The van der Waals surface area contributed by atoms with Gasteiger partial charge in [0, 0.05) is 42.2 Å². The number of amides is 1. The standard InChI is InChI=1S/C30H47ClFN5O4/c1-18-14-23(35-37(18)27(3,4)5)34-22-15-20(31)24(32)21(33-22)17-30(25(38)40-28(6,7)8)12-13-36(19(2)16-30)26(39)41-29(9,10)11/h14-15,19,25,38H,12-13,16-17H2,1-11H3,(H,33,34,35)/t19-,25?,30-/m1/s1. The van der Waals surface area contributed by atoms with E-state index in [-0.39, 0.29) is 28.7 Å². The largest absolute Gasteiger partial charge is 0.444 e. The van der Waals surface area contributed by atoms with Gasteiger partial charge in [-0.1, -0.05) is 11.6 Å². The van der Waals surface area contributed by atoms with Crippen molar-refractivity contribution in [3.8, 4) is 0 Å². The van der Waals surface area contributed by atoms with Crippen molar-refractivity contribution in [2.24, 2.45) is 5.41 Å². The molecule has 41 heavy (non-hydrogen) atoms. The third-order valence-corrected chi connectivity index (χ3v) is 7.26. The number of nitrogens with zero attached hydrogens (tertiary/aromatic N) is 4. The van der Waals surface area contributed by atoms with Gasteiger partial charge >= 0.3 is 6.09 Å². The van der Waals surface area contributed by atoms with E-state index in [1.165, 1.54) is 6.07 Å². The Balaban J connectivity index is 1.95. The van der Waals surface area contributed by atoms with Crippen molar-refractivity contribution in [1.82, 2.24) is 19.7 Å². The first-order valence-electron chi connectivity index (χ1n) is 14.1. The van der Waals surface area contributed by atoms with E-state index in [2.05, 4.69) is 36.2 Å². The number of anilines is 2. The Kier molecular flexibility index (Phi) is 9.43. The molecule has 2 aromatic heterocycles. The van der Waals surface area contributed by atoms with Crippen LogP contribution in [0.1, 0.15) is 93.5 Å². The molecule has 3 atom stereocenters. The number of ether oxygens (including phenoxy) is 2. The van der Waals surface area contributed by atoms with E-state index in [0.29, 0.717) is 31.0 Å². The van der Waals surface area contributed by atoms with Crippen molar-refractivity contribution in [3.63, 3.8) is 0 Å². The summed E-state index contributed by atoms with van der Waals surface area (Å²) >= 11 is 6.35. The number of nitrogens with one attached hydrogen (secondary N) is 1. The van der Waals surface area contributed by atoms with Gasteiger partial charge in [0.1, 0.15) is 11.4 Å². The third kappa shape index (κ3) is 8.32. The number of aromatic nitrogens is 3. The summed E-state index contributed by atoms with van der Waals surface area (Å²) in [5.41, 5.74) is -1.40. The summed E-state index contributed by atoms with van der Waals surface area (Å²) in [6.45, 7) is 21.3. The first-order valence-corrected chi connectivity index (χ1v) is 14.5. The number of hydrogen-bond acceptors (Lipinski definition) is 7. The minimum atomic E-state index is -1.24. The number of pyridine rings is 1. The molecule has 0 spiro atoms. The van der Waals surface area contributed by atoms with Gasteiger partial charge in [0.15, 0.2) is 17.9 Å². The van der Waals surface area contributed by atoms with Crippen LogP contribution >= 0.6 is 11.6 Å². The Hall–Kier alpha value is -2.43. The maximum absolute atomic E-state index is 15.5. The van der Waals surface area contributed by atoms with Gasteiger partial charge in [-0.25, -0.2) is 14.2 Å². The second-order valence-electron chi connectivity index (χ2n) is 14.2. The summed E-state index contributed by atoms with van der Waals surface area (Å²) in [5.74, 6) is 0.243. The number of carbonyl (C=O) groups is 1. The van der Waals surface area contributed by atoms with E-state index in [0.717, 1.165) is 5.69 Å². The van der Waals surface area contributed by atoms with Crippen LogP contribution in [0.5, 0.6) is 0 Å². The molecule has 2 N–H and O–H groups in total. The average Bonchev–Trinajstić information content (AvgIpc) is 3.15. The molecule has 3 heterocycles. The van der Waals surface area contributed by atoms with Gasteiger partial charge in [-0.3, -0.25) is 4.68 Å². The average molecular weight is 596 g/mol. The predicted molar refractivity (Wildman–Crippen MR) is 159 cm³/mol. The minimum absolute atomic E-state index is 0.0489. The highest BCUT2D eigenvalue weighted by Crippen LogP contribution is 2.44. The summed E-state index contributed by atoms with van der Waals surface area (Å²) in [6.07, 6.45) is -0.928. The molecule has 3 rings (SSSR count). The van der Waals surface area contributed by atoms with Crippen molar-refractivity contribution >= 4 is 29.3 Å². The molecule has 11 heteroatoms. The van der Waals surface area contributed by atoms with E-state index < -0.39 is 34.8 Å². The van der Waals surface area contributed by atoms with Crippen LogP contribution in [0, 0.1) is 18.2 Å². The van der Waals surface area contributed by atoms with Crippen LogP contribution in [0.25, 0.3) is 0 Å². The Morgan fingerprint density at radius 3 is 2.32 bits per heavy atom. The molecule has 0 aromatic carbocycles. The van der Waals surface area contributed by atoms with Crippen LogP contribution in [0.4, 0.5) is 20.8 Å². The van der Waals surface area contributed by atoms with E-state index in [1.807, 2.05) is 66.1 Å². The smallest absolute Gasteiger partial charge is 0.410 e. The molecule has 230 valence electrons. The van der Waals surface area contributed by atoms with Gasteiger partial charge in [0.05, 0.1) is 21.9 Å². The lowest BCUT2D eigenvalue weighted by Crippen LogP contribution is -2.55. The zero-order valence-electron chi connectivity index (χ0n) is 26.4. The molecule has 2 aromatic rings. The molecule has 1 aliphatic heterocycles. The van der Waals surface area contributed by atoms with Crippen molar-refractivity contribution in [2.75, 3.05) is 11.9 Å². The van der Waals surface area contributed by atoms with Gasteiger partial charge in [-0.05, 0) is 89.0 Å². The zero-order chi connectivity index (χ0) is 31.1. The molecule has 1 saturated heterocycles. The number of rotatable bonds is 6. The van der Waals surface area contributed by atoms with Crippen LogP contribution in [0.15, 0.2) is 12.1 Å². The molecule has 0 radical (unpaired) electrons. The Morgan fingerprint density at radius 2 is 1.80 bits per heavy atom. The minimum Gasteiger partial charge on any atom is -0.444 e. The Labute approximate surface area is 248 Å². The number of halogens is 2. The fourth-order valence-electron chi connectivity index (χ4n) is 5.30. The lowest BCUT2D eigenvalue weighted by Gasteiger charge is -2.48. The normalized spacial score (nSPS) is 21.1. The Morgan fingerprint density at radius 1 is 1.17 bits per heavy atom. The van der Waals surface area contributed by atoms with Crippen LogP contribution in [-0.4, -0.2) is 60.9 Å². The maximum atomic E-state index is 15.5. The summed E-state index contributed by atoms with van der Waals surface area (Å²) in [4.78, 5) is 19.1. The van der Waals surface area contributed by atoms with Gasteiger partial charge in [-0.15, -0.1) is 0 Å². The monoisotopic (exact) mass is 595 g/mol. The second-order valence-corrected chi connectivity index (χ2v) is 14.6. The molecule has 9 nitrogen and oxygen atoms in total. The number of aliphatic hydroxyl groups excluding tert-OH is 1. The highest BCUT2D eigenvalue weighted by Gasteiger charge is 2.48. The molecule has 1 fully saturated rings. The number of hydrogen-bond donors (Lipinski definition) is 2. The van der Waals surface area contributed by atoms with E-state index in [9.17, 15) is 9.90 Å². The van der Waals surface area contributed by atoms with Crippen LogP contribution in [0.2, 0.25) is 5.02 Å². The highest BCUT2D eigenvalue weighted by atomic mass is 35.5. The van der Waals surface area contributed by atoms with Gasteiger partial charge in [0.25, 0.3) is 0 Å². The van der Waals surface area contributed by atoms with Crippen molar-refractivity contribution < 1.29 is 23.8 Å². The van der Waals surface area contributed by atoms with E-state index >= 15 is 4.39 Å². The number of carbonyl (C=O) groups excluding carboxylic acids is 1. The van der Waals surface area contributed by atoms with Crippen molar-refractivity contribution in [3.05, 3.63) is 34.4 Å². The second kappa shape index (κ2) is 11.7. The molecule has 0 saturated carbocycles. The summed E-state index contributed by atoms with van der Waals surface area (Å²) in [7, 11) is 0. The van der Waals surface area contributed by atoms with Crippen LogP contribution in [0.3, 0.4) is 0 Å². The first-order chi connectivity index (χ1) is 18.6. The van der Waals surface area contributed by atoms with Gasteiger partial charge in [-0.2, -0.15) is 5.10 Å². The number of aliphatic hydroxyl groups is 1. The molecule has 1 aliphatic rings. The van der Waals surface area contributed by atoms with Crippen LogP contribution in [-0.2, 0) is 21.4 Å². The summed E-state index contributed by atoms with van der Waals surface area (Å²) in [5, 5.41) is 19.2. The fraction of sp³-hybridized carbons (Fsp3) is 0.700. The molecule has 1 unspecified atom stereocenters. The quantitative estimate of drug-likeness (QED) is 0.348. The van der Waals surface area contributed by atoms with Crippen LogP contribution < -0.4 is 5.32 Å². The van der Waals surface area contributed by atoms with E-state index in [4.69, 9.17) is 21.1 Å². The lowest BCUT2D eigenvalue weighted by molar-refractivity contribution is -0.236. The summed E-state index contributed by atoms with van der Waals surface area (Å²) in [6, 6.07) is 3.01. The third-order valence-electron chi connectivity index (χ3n) is 6.98. The molecule has 0 aliphatic carbocycles. The fourth-order valence-corrected chi connectivity index (χ4v) is 5.51. The SMILES string of the molecule is Cc1cc(Nc2cc(Cl)c(F)c(C[C@@]3(C(O)OC(C)(C)C)CCN(C(=O)OC(C)(C)C)[C@H](C)C3)n2)nn1C(C)(C)C. The molecule has 1 amide bonds. The molecular formula is C30H47ClFN5O4. The molecule has 0 bridgehead atoms. The summed E-state index contributed by atoms with van der Waals surface area (Å²) < 4.78 is 29.0. The van der Waals surface area contributed by atoms with Gasteiger partial charge < -0.3 is 24.8 Å². The predicted octanol–water partition coefficient (Wildman–Crippen LogP) is 6.96.